The molecule has 6 nitrogen and oxygen atoms in total. The molecule has 0 radical (unpaired) electrons. The number of carbonyl (C=O) groups excluding carboxylic acids is 1. The van der Waals surface area contributed by atoms with Crippen LogP contribution in [0.1, 0.15) is 39.7 Å². The summed E-state index contributed by atoms with van der Waals surface area (Å²) in [7, 11) is 0. The zero-order chi connectivity index (χ0) is 15.9. The van der Waals surface area contributed by atoms with Crippen molar-refractivity contribution in [1.29, 1.82) is 0 Å². The van der Waals surface area contributed by atoms with E-state index in [0.717, 1.165) is 23.9 Å². The van der Waals surface area contributed by atoms with Crippen molar-refractivity contribution in [2.75, 3.05) is 0 Å². The van der Waals surface area contributed by atoms with Crippen molar-refractivity contribution in [3.8, 4) is 0 Å². The summed E-state index contributed by atoms with van der Waals surface area (Å²) in [5.74, 6) is 0. The van der Waals surface area contributed by atoms with Gasteiger partial charge in [0.05, 0.1) is 11.0 Å². The summed E-state index contributed by atoms with van der Waals surface area (Å²) in [6.45, 7) is 5.50. The zero-order valence-electron chi connectivity index (χ0n) is 13.1. The first-order valence-electron chi connectivity index (χ1n) is 7.52. The molecule has 0 bridgehead atoms. The van der Waals surface area contributed by atoms with E-state index in [9.17, 15) is 9.59 Å². The minimum atomic E-state index is -0.499. The lowest BCUT2D eigenvalue weighted by Crippen LogP contribution is -2.48. The smallest absolute Gasteiger partial charge is 0.407 e. The number of amides is 1. The number of benzene rings is 1. The second-order valence-corrected chi connectivity index (χ2v) is 6.79. The molecular weight excluding hydrogens is 282 g/mol. The van der Waals surface area contributed by atoms with Gasteiger partial charge in [-0.3, -0.25) is 4.57 Å². The predicted molar refractivity (Wildman–Crippen MR) is 84.0 cm³/mol. The molecule has 0 atom stereocenters. The molecule has 22 heavy (non-hydrogen) atoms. The van der Waals surface area contributed by atoms with E-state index in [4.69, 9.17) is 4.74 Å². The van der Waals surface area contributed by atoms with E-state index in [1.807, 2.05) is 45.0 Å². The average molecular weight is 303 g/mol. The van der Waals surface area contributed by atoms with Gasteiger partial charge < -0.3 is 15.0 Å². The number of nitrogens with one attached hydrogen (secondary N) is 2. The van der Waals surface area contributed by atoms with Crippen molar-refractivity contribution < 1.29 is 9.53 Å². The highest BCUT2D eigenvalue weighted by Gasteiger charge is 2.34. The van der Waals surface area contributed by atoms with E-state index < -0.39 is 11.7 Å². The number of rotatable bonds is 2. The maximum Gasteiger partial charge on any atom is 0.407 e. The van der Waals surface area contributed by atoms with Gasteiger partial charge in [0, 0.05) is 12.1 Å². The van der Waals surface area contributed by atoms with Crippen LogP contribution in [-0.4, -0.2) is 27.3 Å². The lowest BCUT2D eigenvalue weighted by atomic mass is 9.86. The Labute approximate surface area is 128 Å². The van der Waals surface area contributed by atoms with Crippen molar-refractivity contribution in [2.45, 2.75) is 51.3 Å². The molecule has 3 rings (SSSR count). The Kier molecular flexibility index (Phi) is 3.47. The monoisotopic (exact) mass is 303 g/mol. The summed E-state index contributed by atoms with van der Waals surface area (Å²) in [5, 5.41) is 2.85. The highest BCUT2D eigenvalue weighted by atomic mass is 16.6. The van der Waals surface area contributed by atoms with Gasteiger partial charge in [-0.05, 0) is 45.7 Å². The fourth-order valence-electron chi connectivity index (χ4n) is 2.83. The standard InChI is InChI=1S/C16H21N3O3/c1-16(2,3)22-15(21)17-10-8-11(9-10)19-13-7-5-4-6-12(13)18-14(19)20/h4-7,10-11H,8-9H2,1-3H3,(H,17,21)(H,18,20). The number of imidazole rings is 1. The number of hydrogen-bond acceptors (Lipinski definition) is 3. The molecule has 1 fully saturated rings. The number of alkyl carbamates (subject to hydrolysis) is 1. The zero-order valence-corrected chi connectivity index (χ0v) is 13.1. The fourth-order valence-corrected chi connectivity index (χ4v) is 2.83. The fraction of sp³-hybridized carbons (Fsp3) is 0.500. The van der Waals surface area contributed by atoms with Crippen LogP contribution >= 0.6 is 0 Å². The Morgan fingerprint density at radius 2 is 2.00 bits per heavy atom. The Morgan fingerprint density at radius 3 is 2.68 bits per heavy atom. The van der Waals surface area contributed by atoms with Crippen LogP contribution < -0.4 is 11.0 Å². The van der Waals surface area contributed by atoms with Gasteiger partial charge in [-0.15, -0.1) is 0 Å². The molecule has 1 amide bonds. The van der Waals surface area contributed by atoms with Crippen LogP contribution in [0.2, 0.25) is 0 Å². The molecular formula is C16H21N3O3. The number of H-pyrrole nitrogens is 1. The Balaban J connectivity index is 1.65. The van der Waals surface area contributed by atoms with E-state index in [2.05, 4.69) is 10.3 Å². The van der Waals surface area contributed by atoms with Crippen molar-refractivity contribution in [1.82, 2.24) is 14.9 Å². The number of aromatic nitrogens is 2. The molecule has 1 aliphatic carbocycles. The van der Waals surface area contributed by atoms with Gasteiger partial charge in [-0.2, -0.15) is 0 Å². The molecule has 0 unspecified atom stereocenters. The highest BCUT2D eigenvalue weighted by Crippen LogP contribution is 2.33. The van der Waals surface area contributed by atoms with Gasteiger partial charge >= 0.3 is 11.8 Å². The second-order valence-electron chi connectivity index (χ2n) is 6.79. The normalized spacial score (nSPS) is 21.4. The summed E-state index contributed by atoms with van der Waals surface area (Å²) >= 11 is 0. The van der Waals surface area contributed by atoms with E-state index in [1.54, 1.807) is 4.57 Å². The third kappa shape index (κ3) is 2.86. The maximum absolute atomic E-state index is 12.1. The number of nitrogens with zero attached hydrogens (tertiary/aromatic N) is 1. The summed E-state index contributed by atoms with van der Waals surface area (Å²) in [6, 6.07) is 7.81. The molecule has 1 heterocycles. The van der Waals surface area contributed by atoms with Gasteiger partial charge in [0.25, 0.3) is 0 Å². The molecule has 1 saturated carbocycles. The van der Waals surface area contributed by atoms with E-state index in [1.165, 1.54) is 0 Å². The number of aromatic amines is 1. The van der Waals surface area contributed by atoms with Crippen LogP contribution in [0.25, 0.3) is 11.0 Å². The Hall–Kier alpha value is -2.24. The SMILES string of the molecule is CC(C)(C)OC(=O)NC1CC(n2c(=O)[nH]c3ccccc32)C1. The average Bonchev–Trinajstić information content (AvgIpc) is 2.67. The summed E-state index contributed by atoms with van der Waals surface area (Å²) < 4.78 is 7.02. The maximum atomic E-state index is 12.1. The van der Waals surface area contributed by atoms with Crippen molar-refractivity contribution >= 4 is 17.1 Å². The molecule has 1 aromatic heterocycles. The molecule has 0 aliphatic heterocycles. The molecule has 1 aliphatic rings. The van der Waals surface area contributed by atoms with Crippen LogP contribution in [0.3, 0.4) is 0 Å². The molecule has 2 aromatic rings. The predicted octanol–water partition coefficient (Wildman–Crippen LogP) is 2.56. The number of fused-ring (bicyclic) bond motifs is 1. The van der Waals surface area contributed by atoms with Crippen LogP contribution in [0.5, 0.6) is 0 Å². The van der Waals surface area contributed by atoms with Crippen molar-refractivity contribution in [3.05, 3.63) is 34.7 Å². The lowest BCUT2D eigenvalue weighted by Gasteiger charge is -2.36. The highest BCUT2D eigenvalue weighted by molar-refractivity contribution is 5.75. The Morgan fingerprint density at radius 1 is 1.32 bits per heavy atom. The van der Waals surface area contributed by atoms with Gasteiger partial charge in [0.2, 0.25) is 0 Å². The number of para-hydroxylation sites is 2. The first-order valence-corrected chi connectivity index (χ1v) is 7.52. The largest absolute Gasteiger partial charge is 0.444 e. The molecule has 6 heteroatoms. The lowest BCUT2D eigenvalue weighted by molar-refractivity contribution is 0.0457. The number of carbonyl (C=O) groups is 1. The molecule has 118 valence electrons. The van der Waals surface area contributed by atoms with Crippen LogP contribution in [0.15, 0.2) is 29.1 Å². The van der Waals surface area contributed by atoms with Crippen LogP contribution in [0.4, 0.5) is 4.79 Å². The van der Waals surface area contributed by atoms with E-state index in [0.29, 0.717) is 0 Å². The van der Waals surface area contributed by atoms with Crippen molar-refractivity contribution in [3.63, 3.8) is 0 Å². The third-order valence-corrected chi connectivity index (χ3v) is 3.82. The summed E-state index contributed by atoms with van der Waals surface area (Å²) in [5.41, 5.74) is 1.16. The van der Waals surface area contributed by atoms with Gasteiger partial charge in [0.15, 0.2) is 0 Å². The van der Waals surface area contributed by atoms with E-state index in [-0.39, 0.29) is 17.8 Å². The number of ether oxygens (including phenoxy) is 1. The second kappa shape index (κ2) is 5.19. The molecule has 0 spiro atoms. The molecule has 0 saturated heterocycles. The van der Waals surface area contributed by atoms with Gasteiger partial charge in [-0.25, -0.2) is 9.59 Å². The summed E-state index contributed by atoms with van der Waals surface area (Å²) in [4.78, 5) is 26.7. The topological polar surface area (TPSA) is 76.1 Å². The number of hydrogen-bond donors (Lipinski definition) is 2. The quantitative estimate of drug-likeness (QED) is 0.895. The molecule has 1 aromatic carbocycles. The third-order valence-electron chi connectivity index (χ3n) is 3.82. The summed E-state index contributed by atoms with van der Waals surface area (Å²) in [6.07, 6.45) is 1.07. The first-order chi connectivity index (χ1) is 10.3. The van der Waals surface area contributed by atoms with Crippen molar-refractivity contribution in [2.24, 2.45) is 0 Å². The Bertz CT molecular complexity index is 748. The minimum Gasteiger partial charge on any atom is -0.444 e. The van der Waals surface area contributed by atoms with Gasteiger partial charge in [-0.1, -0.05) is 12.1 Å². The van der Waals surface area contributed by atoms with Crippen LogP contribution in [-0.2, 0) is 4.74 Å². The van der Waals surface area contributed by atoms with E-state index >= 15 is 0 Å². The van der Waals surface area contributed by atoms with Gasteiger partial charge in [0.1, 0.15) is 5.60 Å². The first kappa shape index (κ1) is 14.7. The molecule has 2 N–H and O–H groups in total. The van der Waals surface area contributed by atoms with Crippen LogP contribution in [0, 0.1) is 0 Å². The minimum absolute atomic E-state index is 0.0559.